The van der Waals surface area contributed by atoms with E-state index in [4.69, 9.17) is 11.6 Å². The minimum Gasteiger partial charge on any atom is -0.357 e. The molecular weight excluding hydrogens is 310 g/mol. The summed E-state index contributed by atoms with van der Waals surface area (Å²) in [4.78, 5) is 14.5. The molecule has 0 atom stereocenters. The largest absolute Gasteiger partial charge is 0.357 e. The third-order valence-corrected chi connectivity index (χ3v) is 3.01. The molecule has 6 heteroatoms. The van der Waals surface area contributed by atoms with Crippen molar-refractivity contribution in [3.05, 3.63) is 51.5 Å². The minimum absolute atomic E-state index is 0.136. The first-order valence-electron chi connectivity index (χ1n) is 4.67. The molecule has 1 amide bonds. The fourth-order valence-electron chi connectivity index (χ4n) is 1.31. The molecular formula is C11H7BrClFN2O. The summed E-state index contributed by atoms with van der Waals surface area (Å²) in [7, 11) is 0. The van der Waals surface area contributed by atoms with Crippen LogP contribution in [-0.4, -0.2) is 10.9 Å². The molecule has 88 valence electrons. The SMILES string of the molecule is O=C(Nc1c(Cl)cc(F)cc1Br)c1ccc[nH]1. The van der Waals surface area contributed by atoms with Gasteiger partial charge in [-0.05, 0) is 40.2 Å². The van der Waals surface area contributed by atoms with Crippen molar-refractivity contribution in [1.29, 1.82) is 0 Å². The molecule has 0 aliphatic heterocycles. The molecule has 0 unspecified atom stereocenters. The first-order valence-corrected chi connectivity index (χ1v) is 5.84. The lowest BCUT2D eigenvalue weighted by molar-refractivity contribution is 0.102. The van der Waals surface area contributed by atoms with E-state index in [2.05, 4.69) is 26.2 Å². The molecule has 2 aromatic rings. The highest BCUT2D eigenvalue weighted by molar-refractivity contribution is 9.10. The molecule has 1 aromatic heterocycles. The Hall–Kier alpha value is -1.33. The van der Waals surface area contributed by atoms with Gasteiger partial charge in [0.2, 0.25) is 0 Å². The average molecular weight is 318 g/mol. The minimum atomic E-state index is -0.472. The number of rotatable bonds is 2. The van der Waals surface area contributed by atoms with E-state index in [1.54, 1.807) is 18.3 Å². The van der Waals surface area contributed by atoms with Gasteiger partial charge in [0.15, 0.2) is 0 Å². The van der Waals surface area contributed by atoms with Crippen LogP contribution < -0.4 is 5.32 Å². The summed E-state index contributed by atoms with van der Waals surface area (Å²) in [5, 5.41) is 2.73. The Morgan fingerprint density at radius 3 is 2.82 bits per heavy atom. The molecule has 0 aliphatic rings. The zero-order valence-corrected chi connectivity index (χ0v) is 10.8. The number of halogens is 3. The smallest absolute Gasteiger partial charge is 0.272 e. The predicted octanol–water partition coefficient (Wildman–Crippen LogP) is 3.82. The van der Waals surface area contributed by atoms with E-state index >= 15 is 0 Å². The quantitative estimate of drug-likeness (QED) is 0.869. The number of carbonyl (C=O) groups is 1. The Morgan fingerprint density at radius 1 is 1.47 bits per heavy atom. The number of amides is 1. The molecule has 3 nitrogen and oxygen atoms in total. The van der Waals surface area contributed by atoms with Gasteiger partial charge in [-0.25, -0.2) is 4.39 Å². The summed E-state index contributed by atoms with van der Waals surface area (Å²) < 4.78 is 13.4. The maximum absolute atomic E-state index is 13.0. The zero-order chi connectivity index (χ0) is 12.4. The van der Waals surface area contributed by atoms with E-state index in [9.17, 15) is 9.18 Å². The second kappa shape index (κ2) is 4.89. The second-order valence-electron chi connectivity index (χ2n) is 3.28. The second-order valence-corrected chi connectivity index (χ2v) is 4.54. The number of H-pyrrole nitrogens is 1. The molecule has 0 saturated carbocycles. The van der Waals surface area contributed by atoms with Crippen molar-refractivity contribution in [1.82, 2.24) is 4.98 Å². The Kier molecular flexibility index (Phi) is 3.49. The van der Waals surface area contributed by atoms with Crippen molar-refractivity contribution < 1.29 is 9.18 Å². The molecule has 0 bridgehead atoms. The third kappa shape index (κ3) is 2.68. The number of hydrogen-bond donors (Lipinski definition) is 2. The molecule has 0 radical (unpaired) electrons. The number of aromatic nitrogens is 1. The first-order chi connectivity index (χ1) is 8.08. The number of nitrogens with one attached hydrogen (secondary N) is 2. The average Bonchev–Trinajstić information content (AvgIpc) is 2.76. The van der Waals surface area contributed by atoms with Crippen LogP contribution in [0.4, 0.5) is 10.1 Å². The van der Waals surface area contributed by atoms with Crippen molar-refractivity contribution >= 4 is 39.1 Å². The van der Waals surface area contributed by atoms with Gasteiger partial charge in [0.25, 0.3) is 5.91 Å². The van der Waals surface area contributed by atoms with Crippen molar-refractivity contribution in [3.63, 3.8) is 0 Å². The third-order valence-electron chi connectivity index (χ3n) is 2.09. The maximum Gasteiger partial charge on any atom is 0.272 e. The van der Waals surface area contributed by atoms with Gasteiger partial charge in [0.1, 0.15) is 11.5 Å². The molecule has 17 heavy (non-hydrogen) atoms. The summed E-state index contributed by atoms with van der Waals surface area (Å²) in [5.74, 6) is -0.816. The fraction of sp³-hybridized carbons (Fsp3) is 0. The first kappa shape index (κ1) is 12.1. The summed E-state index contributed by atoms with van der Waals surface area (Å²) in [5.41, 5.74) is 0.741. The number of carbonyl (C=O) groups excluding carboxylic acids is 1. The summed E-state index contributed by atoms with van der Waals surface area (Å²) in [6.07, 6.45) is 1.64. The van der Waals surface area contributed by atoms with Gasteiger partial charge < -0.3 is 10.3 Å². The van der Waals surface area contributed by atoms with E-state index < -0.39 is 5.82 Å². The van der Waals surface area contributed by atoms with Crippen LogP contribution in [0, 0.1) is 5.82 Å². The zero-order valence-electron chi connectivity index (χ0n) is 8.43. The van der Waals surface area contributed by atoms with Gasteiger partial charge in [-0.1, -0.05) is 11.6 Å². The summed E-state index contributed by atoms with van der Waals surface area (Å²) in [6, 6.07) is 5.70. The number of benzene rings is 1. The molecule has 0 fully saturated rings. The highest BCUT2D eigenvalue weighted by Crippen LogP contribution is 2.31. The highest BCUT2D eigenvalue weighted by atomic mass is 79.9. The van der Waals surface area contributed by atoms with E-state index in [0.717, 1.165) is 6.07 Å². The number of anilines is 1. The molecule has 0 spiro atoms. The molecule has 1 aromatic carbocycles. The van der Waals surface area contributed by atoms with Crippen LogP contribution in [0.1, 0.15) is 10.5 Å². The van der Waals surface area contributed by atoms with Gasteiger partial charge in [0.05, 0.1) is 10.7 Å². The Balaban J connectivity index is 2.28. The summed E-state index contributed by atoms with van der Waals surface area (Å²) >= 11 is 8.99. The molecule has 0 saturated heterocycles. The van der Waals surface area contributed by atoms with E-state index in [1.165, 1.54) is 6.07 Å². The maximum atomic E-state index is 13.0. The Morgan fingerprint density at radius 2 is 2.24 bits per heavy atom. The van der Waals surface area contributed by atoms with Crippen molar-refractivity contribution in [2.75, 3.05) is 5.32 Å². The monoisotopic (exact) mass is 316 g/mol. The van der Waals surface area contributed by atoms with Gasteiger partial charge in [-0.3, -0.25) is 4.79 Å². The molecule has 0 aliphatic carbocycles. The van der Waals surface area contributed by atoms with Crippen LogP contribution in [0.2, 0.25) is 5.02 Å². The van der Waals surface area contributed by atoms with Crippen molar-refractivity contribution in [3.8, 4) is 0 Å². The van der Waals surface area contributed by atoms with Crippen LogP contribution in [0.15, 0.2) is 34.9 Å². The lowest BCUT2D eigenvalue weighted by Crippen LogP contribution is -2.13. The van der Waals surface area contributed by atoms with Crippen LogP contribution in [0.25, 0.3) is 0 Å². The molecule has 2 N–H and O–H groups in total. The van der Waals surface area contributed by atoms with E-state index in [-0.39, 0.29) is 10.9 Å². The molecule has 2 rings (SSSR count). The number of hydrogen-bond acceptors (Lipinski definition) is 1. The predicted molar refractivity (Wildman–Crippen MR) is 67.9 cm³/mol. The highest BCUT2D eigenvalue weighted by Gasteiger charge is 2.13. The number of aromatic amines is 1. The normalized spacial score (nSPS) is 10.3. The van der Waals surface area contributed by atoms with Crippen molar-refractivity contribution in [2.24, 2.45) is 0 Å². The standard InChI is InChI=1S/C11H7BrClFN2O/c12-7-4-6(14)5-8(13)10(7)16-11(17)9-2-1-3-15-9/h1-5,15H,(H,16,17). The fourth-order valence-corrected chi connectivity index (χ4v) is 2.21. The van der Waals surface area contributed by atoms with E-state index in [0.29, 0.717) is 15.9 Å². The van der Waals surface area contributed by atoms with Gasteiger partial charge in [-0.2, -0.15) is 0 Å². The van der Waals surface area contributed by atoms with Crippen LogP contribution in [0.5, 0.6) is 0 Å². The van der Waals surface area contributed by atoms with Crippen LogP contribution in [0.3, 0.4) is 0 Å². The topological polar surface area (TPSA) is 44.9 Å². The van der Waals surface area contributed by atoms with Gasteiger partial charge >= 0.3 is 0 Å². The Bertz CT molecular complexity index is 534. The summed E-state index contributed by atoms with van der Waals surface area (Å²) in [6.45, 7) is 0. The van der Waals surface area contributed by atoms with Crippen LogP contribution >= 0.6 is 27.5 Å². The van der Waals surface area contributed by atoms with E-state index in [1.807, 2.05) is 0 Å². The van der Waals surface area contributed by atoms with Crippen molar-refractivity contribution in [2.45, 2.75) is 0 Å². The lowest BCUT2D eigenvalue weighted by Gasteiger charge is -2.08. The molecule has 1 heterocycles. The Labute approximate surface area is 110 Å². The van der Waals surface area contributed by atoms with Gasteiger partial charge in [0, 0.05) is 10.7 Å². The van der Waals surface area contributed by atoms with Gasteiger partial charge in [-0.15, -0.1) is 0 Å². The lowest BCUT2D eigenvalue weighted by atomic mass is 10.3. The van der Waals surface area contributed by atoms with Crippen LogP contribution in [-0.2, 0) is 0 Å².